The van der Waals surface area contributed by atoms with Crippen LogP contribution in [0.1, 0.15) is 174 Å². The van der Waals surface area contributed by atoms with Gasteiger partial charge < -0.3 is 19.3 Å². The third-order valence-electron chi connectivity index (χ3n) is 8.61. The van der Waals surface area contributed by atoms with Crippen molar-refractivity contribution in [3.63, 3.8) is 0 Å². The number of aliphatic hydroxyl groups is 1. The summed E-state index contributed by atoms with van der Waals surface area (Å²) in [7, 11) is 0. The number of hydrogen-bond acceptors (Lipinski definition) is 6. The first-order chi connectivity index (χ1) is 22.6. The van der Waals surface area contributed by atoms with Crippen molar-refractivity contribution in [1.29, 1.82) is 0 Å². The maximum Gasteiger partial charge on any atom is 0.306 e. The fourth-order valence-electron chi connectivity index (χ4n) is 5.58. The van der Waals surface area contributed by atoms with Gasteiger partial charge in [0.15, 0.2) is 6.10 Å². The van der Waals surface area contributed by atoms with E-state index in [4.69, 9.17) is 14.2 Å². The van der Waals surface area contributed by atoms with Crippen LogP contribution in [-0.4, -0.2) is 48.6 Å². The number of hydrogen-bond donors (Lipinski definition) is 1. The number of ether oxygens (including phenoxy) is 3. The molecule has 0 spiro atoms. The van der Waals surface area contributed by atoms with Crippen LogP contribution in [0, 0.1) is 0 Å². The first-order valence-electron chi connectivity index (χ1n) is 19.2. The predicted molar refractivity (Wildman–Crippen MR) is 191 cm³/mol. The van der Waals surface area contributed by atoms with Crippen molar-refractivity contribution < 1.29 is 28.9 Å². The molecule has 1 N–H and O–H groups in total. The Balaban J connectivity index is 1.95. The molecule has 0 aromatic heterocycles. The monoisotopic (exact) mass is 647 g/mol. The van der Waals surface area contributed by atoms with Gasteiger partial charge >= 0.3 is 11.9 Å². The SMILES string of the molecule is CCCCC/C=C\C/C=C\C/C=C\CC1OC1CCCC(=O)OC[C@H](CO)OC(=O)CCCCCCCCCCCCCCCC. The van der Waals surface area contributed by atoms with E-state index >= 15 is 0 Å². The number of esters is 2. The van der Waals surface area contributed by atoms with Gasteiger partial charge in [0.05, 0.1) is 18.8 Å². The summed E-state index contributed by atoms with van der Waals surface area (Å²) in [6, 6.07) is 0. The summed E-state index contributed by atoms with van der Waals surface area (Å²) < 4.78 is 16.3. The minimum absolute atomic E-state index is 0.100. The number of allylic oxidation sites excluding steroid dienone is 5. The van der Waals surface area contributed by atoms with Crippen LogP contribution in [0.2, 0.25) is 0 Å². The molecule has 46 heavy (non-hydrogen) atoms. The lowest BCUT2D eigenvalue weighted by atomic mass is 10.0. The number of carbonyl (C=O) groups is 2. The Labute approximate surface area is 282 Å². The zero-order valence-electron chi connectivity index (χ0n) is 29.8. The van der Waals surface area contributed by atoms with E-state index in [1.165, 1.54) is 96.3 Å². The second-order valence-corrected chi connectivity index (χ2v) is 13.0. The van der Waals surface area contributed by atoms with Crippen molar-refractivity contribution in [1.82, 2.24) is 0 Å². The van der Waals surface area contributed by atoms with E-state index < -0.39 is 6.10 Å². The molecule has 2 unspecified atom stereocenters. The van der Waals surface area contributed by atoms with Gasteiger partial charge in [-0.25, -0.2) is 0 Å². The Morgan fingerprint density at radius 3 is 1.76 bits per heavy atom. The van der Waals surface area contributed by atoms with Crippen LogP contribution in [0.5, 0.6) is 0 Å². The fraction of sp³-hybridized carbons (Fsp3) is 0.800. The minimum Gasteiger partial charge on any atom is -0.462 e. The van der Waals surface area contributed by atoms with Crippen LogP contribution in [0.25, 0.3) is 0 Å². The molecule has 1 aliphatic heterocycles. The Hall–Kier alpha value is -1.92. The Morgan fingerprint density at radius 2 is 1.15 bits per heavy atom. The molecule has 1 aliphatic rings. The van der Waals surface area contributed by atoms with Gasteiger partial charge in [-0.2, -0.15) is 0 Å². The predicted octanol–water partition coefficient (Wildman–Crippen LogP) is 10.7. The third kappa shape index (κ3) is 27.2. The van der Waals surface area contributed by atoms with Gasteiger partial charge in [0.2, 0.25) is 0 Å². The summed E-state index contributed by atoms with van der Waals surface area (Å²) >= 11 is 0. The van der Waals surface area contributed by atoms with Crippen molar-refractivity contribution in [3.8, 4) is 0 Å². The summed E-state index contributed by atoms with van der Waals surface area (Å²) in [6.07, 6.45) is 40.8. The van der Waals surface area contributed by atoms with Gasteiger partial charge in [-0.05, 0) is 51.4 Å². The Kier molecular flexibility index (Phi) is 29.0. The minimum atomic E-state index is -0.798. The van der Waals surface area contributed by atoms with Crippen LogP contribution >= 0.6 is 0 Å². The molecule has 0 radical (unpaired) electrons. The molecule has 1 rings (SSSR count). The molecule has 1 fully saturated rings. The van der Waals surface area contributed by atoms with E-state index in [-0.39, 0.29) is 37.4 Å². The van der Waals surface area contributed by atoms with E-state index in [0.29, 0.717) is 19.3 Å². The zero-order chi connectivity index (χ0) is 33.3. The molecule has 266 valence electrons. The molecule has 3 atom stereocenters. The molecule has 0 aliphatic carbocycles. The maximum atomic E-state index is 12.2. The second-order valence-electron chi connectivity index (χ2n) is 13.0. The van der Waals surface area contributed by atoms with E-state index in [2.05, 4.69) is 50.3 Å². The van der Waals surface area contributed by atoms with E-state index in [1.54, 1.807) is 0 Å². The largest absolute Gasteiger partial charge is 0.462 e. The normalized spacial score (nSPS) is 16.9. The molecule has 1 heterocycles. The van der Waals surface area contributed by atoms with E-state index in [9.17, 15) is 14.7 Å². The summed E-state index contributed by atoms with van der Waals surface area (Å²) in [5.41, 5.74) is 0. The number of carbonyl (C=O) groups excluding carboxylic acids is 2. The highest BCUT2D eigenvalue weighted by Gasteiger charge is 2.36. The van der Waals surface area contributed by atoms with Gasteiger partial charge in [0, 0.05) is 12.8 Å². The summed E-state index contributed by atoms with van der Waals surface area (Å²) in [5.74, 6) is -0.664. The van der Waals surface area contributed by atoms with Crippen molar-refractivity contribution in [2.45, 2.75) is 193 Å². The second kappa shape index (κ2) is 31.7. The average Bonchev–Trinajstić information content (AvgIpc) is 3.81. The lowest BCUT2D eigenvalue weighted by molar-refractivity contribution is -0.161. The highest BCUT2D eigenvalue weighted by Crippen LogP contribution is 2.30. The first-order valence-corrected chi connectivity index (χ1v) is 19.2. The molecule has 0 bridgehead atoms. The van der Waals surface area contributed by atoms with Gasteiger partial charge in [0.1, 0.15) is 6.61 Å². The molecule has 0 aromatic rings. The number of aliphatic hydroxyl groups excluding tert-OH is 1. The maximum absolute atomic E-state index is 12.2. The van der Waals surface area contributed by atoms with Crippen molar-refractivity contribution in [3.05, 3.63) is 36.5 Å². The van der Waals surface area contributed by atoms with Gasteiger partial charge in [-0.1, -0.05) is 147 Å². The van der Waals surface area contributed by atoms with Gasteiger partial charge in [-0.3, -0.25) is 9.59 Å². The van der Waals surface area contributed by atoms with Gasteiger partial charge in [0.25, 0.3) is 0 Å². The van der Waals surface area contributed by atoms with Crippen LogP contribution < -0.4 is 0 Å². The van der Waals surface area contributed by atoms with Crippen LogP contribution in [-0.2, 0) is 23.8 Å². The van der Waals surface area contributed by atoms with Crippen LogP contribution in [0.15, 0.2) is 36.5 Å². The summed E-state index contributed by atoms with van der Waals surface area (Å²) in [5, 5.41) is 9.56. The molecule has 0 aromatic carbocycles. The molecular formula is C40H70O6. The standard InChI is InChI=1S/C40H70O6/c1-3-5-7-9-11-13-15-17-18-20-22-24-26-28-32-40(43)45-36(34-41)35-44-39(42)33-29-31-38-37(46-38)30-27-25-23-21-19-16-14-12-10-8-6-4-2/h12,14,19,21,25,27,36-38,41H,3-11,13,15-18,20,22-24,26,28-35H2,1-2H3/b14-12-,21-19-,27-25-/t36-,37?,38?/m0/s1. The third-order valence-corrected chi connectivity index (χ3v) is 8.61. The first kappa shape index (κ1) is 42.1. The number of epoxide rings is 1. The number of unbranched alkanes of at least 4 members (excludes halogenated alkanes) is 16. The zero-order valence-corrected chi connectivity index (χ0v) is 29.8. The fourth-order valence-corrected chi connectivity index (χ4v) is 5.58. The molecular weight excluding hydrogens is 576 g/mol. The van der Waals surface area contributed by atoms with Crippen LogP contribution in [0.3, 0.4) is 0 Å². The lowest BCUT2D eigenvalue weighted by Crippen LogP contribution is -2.28. The molecule has 0 saturated carbocycles. The summed E-state index contributed by atoms with van der Waals surface area (Å²) in [6.45, 7) is 4.04. The lowest BCUT2D eigenvalue weighted by Gasteiger charge is -2.15. The van der Waals surface area contributed by atoms with E-state index in [0.717, 1.165) is 44.9 Å². The van der Waals surface area contributed by atoms with Crippen molar-refractivity contribution >= 4 is 11.9 Å². The molecule has 0 amide bonds. The van der Waals surface area contributed by atoms with Gasteiger partial charge in [-0.15, -0.1) is 0 Å². The van der Waals surface area contributed by atoms with Crippen molar-refractivity contribution in [2.75, 3.05) is 13.2 Å². The quantitative estimate of drug-likeness (QED) is 0.0330. The molecule has 1 saturated heterocycles. The topological polar surface area (TPSA) is 85.4 Å². The van der Waals surface area contributed by atoms with Crippen molar-refractivity contribution in [2.24, 2.45) is 0 Å². The molecule has 6 nitrogen and oxygen atoms in total. The van der Waals surface area contributed by atoms with E-state index in [1.807, 2.05) is 0 Å². The average molecular weight is 647 g/mol. The highest BCUT2D eigenvalue weighted by atomic mass is 16.6. The Morgan fingerprint density at radius 1 is 0.630 bits per heavy atom. The summed E-state index contributed by atoms with van der Waals surface area (Å²) in [4.78, 5) is 24.3. The smallest absolute Gasteiger partial charge is 0.306 e. The number of rotatable bonds is 33. The highest BCUT2D eigenvalue weighted by molar-refractivity contribution is 5.70. The Bertz CT molecular complexity index is 804. The van der Waals surface area contributed by atoms with Crippen LogP contribution in [0.4, 0.5) is 0 Å². The molecule has 6 heteroatoms.